The lowest BCUT2D eigenvalue weighted by molar-refractivity contribution is -0.119. The smallest absolute Gasteiger partial charge is 0.338 e. The summed E-state index contributed by atoms with van der Waals surface area (Å²) < 4.78 is 5.09. The van der Waals surface area contributed by atoms with Crippen LogP contribution in [0.2, 0.25) is 0 Å². The standard InChI is InChI=1S/C28H27N3O4/c1-3-35-28(34)21-11-14-23-24(17-21)31-27(33)25(23)26(20-7-5-4-6-8-20)30-22-12-9-19(10-13-22)15-16-29-18(2)32/h4-14,17,25H,3,15-16H2,1-2H3,(H,29,32)(H,31,33). The zero-order valence-corrected chi connectivity index (χ0v) is 19.7. The second kappa shape index (κ2) is 10.8. The van der Waals surface area contributed by atoms with Crippen molar-refractivity contribution in [2.75, 3.05) is 18.5 Å². The maximum absolute atomic E-state index is 13.1. The molecule has 1 unspecified atom stereocenters. The van der Waals surface area contributed by atoms with E-state index in [1.807, 2.05) is 54.6 Å². The molecule has 0 bridgehead atoms. The lowest BCUT2D eigenvalue weighted by Crippen LogP contribution is -2.22. The van der Waals surface area contributed by atoms with Gasteiger partial charge in [-0.2, -0.15) is 0 Å². The molecule has 7 heteroatoms. The van der Waals surface area contributed by atoms with Gasteiger partial charge in [-0.05, 0) is 54.3 Å². The molecule has 3 aromatic rings. The van der Waals surface area contributed by atoms with Gasteiger partial charge in [0.15, 0.2) is 0 Å². The number of carbonyl (C=O) groups excluding carboxylic acids is 3. The van der Waals surface area contributed by atoms with Gasteiger partial charge in [0, 0.05) is 19.2 Å². The summed E-state index contributed by atoms with van der Waals surface area (Å²) in [6.45, 7) is 4.10. The number of amides is 2. The number of nitrogens with one attached hydrogen (secondary N) is 2. The largest absolute Gasteiger partial charge is 0.462 e. The Morgan fingerprint density at radius 2 is 1.74 bits per heavy atom. The Labute approximate surface area is 204 Å². The molecule has 0 saturated heterocycles. The normalized spacial score (nSPS) is 14.7. The first kappa shape index (κ1) is 23.9. The van der Waals surface area contributed by atoms with Gasteiger partial charge in [0.25, 0.3) is 0 Å². The fourth-order valence-electron chi connectivity index (χ4n) is 4.04. The molecular weight excluding hydrogens is 442 g/mol. The van der Waals surface area contributed by atoms with E-state index in [0.29, 0.717) is 23.5 Å². The maximum Gasteiger partial charge on any atom is 0.338 e. The van der Waals surface area contributed by atoms with E-state index in [1.54, 1.807) is 25.1 Å². The van der Waals surface area contributed by atoms with Gasteiger partial charge in [-0.15, -0.1) is 0 Å². The lowest BCUT2D eigenvalue weighted by atomic mass is 9.90. The third-order valence-electron chi connectivity index (χ3n) is 5.71. The van der Waals surface area contributed by atoms with E-state index >= 15 is 0 Å². The first-order valence-electron chi connectivity index (χ1n) is 11.6. The van der Waals surface area contributed by atoms with Crippen LogP contribution in [0, 0.1) is 0 Å². The van der Waals surface area contributed by atoms with Crippen molar-refractivity contribution in [1.82, 2.24) is 5.32 Å². The van der Waals surface area contributed by atoms with E-state index in [0.717, 1.165) is 28.8 Å². The third-order valence-corrected chi connectivity index (χ3v) is 5.71. The monoisotopic (exact) mass is 469 g/mol. The highest BCUT2D eigenvalue weighted by Crippen LogP contribution is 2.37. The fraction of sp³-hybridized carbons (Fsp3) is 0.214. The second-order valence-corrected chi connectivity index (χ2v) is 8.21. The fourth-order valence-corrected chi connectivity index (χ4v) is 4.04. The number of hydrogen-bond donors (Lipinski definition) is 2. The highest BCUT2D eigenvalue weighted by Gasteiger charge is 2.36. The number of nitrogens with zero attached hydrogens (tertiary/aromatic N) is 1. The van der Waals surface area contributed by atoms with Crippen molar-refractivity contribution in [3.8, 4) is 0 Å². The van der Waals surface area contributed by atoms with E-state index in [2.05, 4.69) is 10.6 Å². The molecule has 7 nitrogen and oxygen atoms in total. The molecule has 1 aliphatic heterocycles. The Balaban J connectivity index is 1.67. The molecule has 178 valence electrons. The Hall–Kier alpha value is -4.26. The van der Waals surface area contributed by atoms with Crippen LogP contribution >= 0.6 is 0 Å². The molecular formula is C28H27N3O4. The van der Waals surface area contributed by atoms with Gasteiger partial charge >= 0.3 is 5.97 Å². The van der Waals surface area contributed by atoms with E-state index in [9.17, 15) is 14.4 Å². The summed E-state index contributed by atoms with van der Waals surface area (Å²) in [6.07, 6.45) is 0.719. The zero-order valence-electron chi connectivity index (χ0n) is 19.7. The summed E-state index contributed by atoms with van der Waals surface area (Å²) in [5, 5.41) is 5.69. The molecule has 2 amide bonds. The van der Waals surface area contributed by atoms with Crippen LogP contribution in [0.5, 0.6) is 0 Å². The number of anilines is 1. The quantitative estimate of drug-likeness (QED) is 0.378. The van der Waals surface area contributed by atoms with Crippen LogP contribution in [0.3, 0.4) is 0 Å². The number of benzene rings is 3. The molecule has 35 heavy (non-hydrogen) atoms. The molecule has 0 spiro atoms. The Morgan fingerprint density at radius 3 is 2.43 bits per heavy atom. The highest BCUT2D eigenvalue weighted by molar-refractivity contribution is 6.24. The summed E-state index contributed by atoms with van der Waals surface area (Å²) in [5.74, 6) is -1.30. The summed E-state index contributed by atoms with van der Waals surface area (Å²) in [6, 6.07) is 22.5. The average molecular weight is 470 g/mol. The van der Waals surface area contributed by atoms with E-state index in [4.69, 9.17) is 9.73 Å². The molecule has 4 rings (SSSR count). The second-order valence-electron chi connectivity index (χ2n) is 8.21. The van der Waals surface area contributed by atoms with E-state index < -0.39 is 11.9 Å². The minimum Gasteiger partial charge on any atom is -0.462 e. The number of fused-ring (bicyclic) bond motifs is 1. The van der Waals surface area contributed by atoms with E-state index in [1.165, 1.54) is 6.92 Å². The number of ether oxygens (including phenoxy) is 1. The lowest BCUT2D eigenvalue weighted by Gasteiger charge is -2.14. The van der Waals surface area contributed by atoms with Crippen molar-refractivity contribution in [2.24, 2.45) is 4.99 Å². The molecule has 1 aliphatic rings. The molecule has 0 fully saturated rings. The topological polar surface area (TPSA) is 96.9 Å². The number of hydrogen-bond acceptors (Lipinski definition) is 5. The van der Waals surface area contributed by atoms with Gasteiger partial charge in [-0.25, -0.2) is 4.79 Å². The van der Waals surface area contributed by atoms with Crippen LogP contribution in [-0.4, -0.2) is 36.6 Å². The summed E-state index contributed by atoms with van der Waals surface area (Å²) >= 11 is 0. The summed E-state index contributed by atoms with van der Waals surface area (Å²) in [7, 11) is 0. The minimum atomic E-state index is -0.622. The highest BCUT2D eigenvalue weighted by atomic mass is 16.5. The number of rotatable bonds is 8. The van der Waals surface area contributed by atoms with Crippen molar-refractivity contribution >= 4 is 34.9 Å². The molecule has 0 radical (unpaired) electrons. The predicted molar refractivity (Wildman–Crippen MR) is 135 cm³/mol. The van der Waals surface area contributed by atoms with Crippen molar-refractivity contribution in [3.05, 3.63) is 95.1 Å². The summed E-state index contributed by atoms with van der Waals surface area (Å²) in [5.41, 5.74) is 4.99. The van der Waals surface area contributed by atoms with Crippen LogP contribution < -0.4 is 10.6 Å². The van der Waals surface area contributed by atoms with Gasteiger partial charge in [0.2, 0.25) is 11.8 Å². The zero-order chi connectivity index (χ0) is 24.8. The molecule has 2 N–H and O–H groups in total. The molecule has 0 aliphatic carbocycles. The van der Waals surface area contributed by atoms with Crippen molar-refractivity contribution < 1.29 is 19.1 Å². The third kappa shape index (κ3) is 5.63. The minimum absolute atomic E-state index is 0.0526. The predicted octanol–water partition coefficient (Wildman–Crippen LogP) is 4.40. The van der Waals surface area contributed by atoms with E-state index in [-0.39, 0.29) is 18.4 Å². The van der Waals surface area contributed by atoms with Gasteiger partial charge in [0.05, 0.1) is 23.6 Å². The molecule has 1 heterocycles. The van der Waals surface area contributed by atoms with Gasteiger partial charge < -0.3 is 15.4 Å². The van der Waals surface area contributed by atoms with Crippen LogP contribution in [0.15, 0.2) is 77.8 Å². The number of carbonyl (C=O) groups is 3. The summed E-state index contributed by atoms with van der Waals surface area (Å²) in [4.78, 5) is 41.3. The van der Waals surface area contributed by atoms with Crippen molar-refractivity contribution in [2.45, 2.75) is 26.2 Å². The first-order valence-corrected chi connectivity index (χ1v) is 11.6. The van der Waals surface area contributed by atoms with Crippen LogP contribution in [0.25, 0.3) is 0 Å². The van der Waals surface area contributed by atoms with Crippen molar-refractivity contribution in [3.63, 3.8) is 0 Å². The number of aliphatic imine (C=N–C) groups is 1. The Kier molecular flexibility index (Phi) is 7.35. The Bertz CT molecular complexity index is 1270. The van der Waals surface area contributed by atoms with Crippen LogP contribution in [0.4, 0.5) is 11.4 Å². The first-order chi connectivity index (χ1) is 17.0. The van der Waals surface area contributed by atoms with Gasteiger partial charge in [-0.3, -0.25) is 14.6 Å². The maximum atomic E-state index is 13.1. The van der Waals surface area contributed by atoms with Gasteiger partial charge in [0.1, 0.15) is 5.92 Å². The molecule has 3 aromatic carbocycles. The van der Waals surface area contributed by atoms with Crippen LogP contribution in [-0.2, 0) is 20.7 Å². The average Bonchev–Trinajstić information content (AvgIpc) is 3.18. The Morgan fingerprint density at radius 1 is 1.00 bits per heavy atom. The SMILES string of the molecule is CCOC(=O)c1ccc2c(c1)NC(=O)C2C(=Nc1ccc(CCNC(C)=O)cc1)c1ccccc1. The molecule has 0 saturated carbocycles. The molecule has 0 aromatic heterocycles. The molecule has 1 atom stereocenters. The van der Waals surface area contributed by atoms with Crippen molar-refractivity contribution in [1.29, 1.82) is 0 Å². The van der Waals surface area contributed by atoms with Gasteiger partial charge in [-0.1, -0.05) is 48.5 Å². The van der Waals surface area contributed by atoms with Crippen LogP contribution in [0.1, 0.15) is 46.8 Å². The number of esters is 1.